The minimum absolute atomic E-state index is 0.105. The SMILES string of the molecule is Cn1cc(C(=O)Nc2nccs2)c(CC2CCN(C3CCCC3)CC2)n1. The molecule has 2 aromatic rings. The van der Waals surface area contributed by atoms with E-state index in [0.29, 0.717) is 16.6 Å². The van der Waals surface area contributed by atoms with E-state index in [1.54, 1.807) is 10.9 Å². The van der Waals surface area contributed by atoms with Gasteiger partial charge in [0.1, 0.15) is 0 Å². The Morgan fingerprint density at radius 1 is 1.27 bits per heavy atom. The Morgan fingerprint density at radius 3 is 2.73 bits per heavy atom. The first-order valence-corrected chi connectivity index (χ1v) is 10.5. The van der Waals surface area contributed by atoms with Crippen molar-refractivity contribution in [2.24, 2.45) is 13.0 Å². The Hall–Kier alpha value is -1.73. The molecule has 1 N–H and O–H groups in total. The summed E-state index contributed by atoms with van der Waals surface area (Å²) in [7, 11) is 1.88. The quantitative estimate of drug-likeness (QED) is 0.873. The summed E-state index contributed by atoms with van der Waals surface area (Å²) in [6.45, 7) is 2.39. The summed E-state index contributed by atoms with van der Waals surface area (Å²) in [6, 6.07) is 0.824. The van der Waals surface area contributed by atoms with Gasteiger partial charge in [-0.2, -0.15) is 5.10 Å². The normalized spacial score (nSPS) is 19.9. The first-order valence-electron chi connectivity index (χ1n) is 9.66. The predicted octanol–water partition coefficient (Wildman–Crippen LogP) is 3.33. The maximum atomic E-state index is 12.6. The van der Waals surface area contributed by atoms with Crippen LogP contribution in [0.3, 0.4) is 0 Å². The smallest absolute Gasteiger partial charge is 0.260 e. The van der Waals surface area contributed by atoms with Gasteiger partial charge in [0.2, 0.25) is 0 Å². The number of amides is 1. The minimum atomic E-state index is -0.105. The molecular weight excluding hydrogens is 346 g/mol. The number of hydrogen-bond acceptors (Lipinski definition) is 5. The molecule has 1 aliphatic carbocycles. The number of rotatable bonds is 5. The van der Waals surface area contributed by atoms with Gasteiger partial charge >= 0.3 is 0 Å². The lowest BCUT2D eigenvalue weighted by atomic mass is 9.90. The summed E-state index contributed by atoms with van der Waals surface area (Å²) in [6.07, 6.45) is 12.4. The second-order valence-electron chi connectivity index (χ2n) is 7.58. The molecule has 4 rings (SSSR count). The number of nitrogens with one attached hydrogen (secondary N) is 1. The van der Waals surface area contributed by atoms with Crippen molar-refractivity contribution in [1.29, 1.82) is 0 Å². The van der Waals surface area contributed by atoms with Crippen molar-refractivity contribution in [2.75, 3.05) is 18.4 Å². The number of anilines is 1. The van der Waals surface area contributed by atoms with E-state index in [0.717, 1.165) is 18.2 Å². The molecule has 0 bridgehead atoms. The largest absolute Gasteiger partial charge is 0.300 e. The van der Waals surface area contributed by atoms with E-state index in [1.165, 1.54) is 63.0 Å². The van der Waals surface area contributed by atoms with Crippen LogP contribution in [0.5, 0.6) is 0 Å². The van der Waals surface area contributed by atoms with E-state index in [9.17, 15) is 4.79 Å². The van der Waals surface area contributed by atoms with Crippen molar-refractivity contribution >= 4 is 22.4 Å². The van der Waals surface area contributed by atoms with Crippen LogP contribution in [0.1, 0.15) is 54.6 Å². The zero-order valence-corrected chi connectivity index (χ0v) is 16.2. The van der Waals surface area contributed by atoms with Crippen LogP contribution in [0.15, 0.2) is 17.8 Å². The molecule has 6 nitrogen and oxygen atoms in total. The van der Waals surface area contributed by atoms with Crippen LogP contribution in [-0.2, 0) is 13.5 Å². The Morgan fingerprint density at radius 2 is 2.04 bits per heavy atom. The maximum absolute atomic E-state index is 12.6. The van der Waals surface area contributed by atoms with E-state index in [4.69, 9.17) is 0 Å². The Balaban J connectivity index is 1.37. The molecule has 0 spiro atoms. The summed E-state index contributed by atoms with van der Waals surface area (Å²) in [5.74, 6) is 0.514. The van der Waals surface area contributed by atoms with Gasteiger partial charge in [-0.05, 0) is 51.1 Å². The number of aromatic nitrogens is 3. The number of likely N-dealkylation sites (tertiary alicyclic amines) is 1. The van der Waals surface area contributed by atoms with Gasteiger partial charge in [-0.3, -0.25) is 14.8 Å². The highest BCUT2D eigenvalue weighted by molar-refractivity contribution is 7.13. The molecule has 26 heavy (non-hydrogen) atoms. The van der Waals surface area contributed by atoms with Gasteiger partial charge in [0, 0.05) is 30.9 Å². The summed E-state index contributed by atoms with van der Waals surface area (Å²) >= 11 is 1.43. The molecule has 7 heteroatoms. The van der Waals surface area contributed by atoms with Crippen molar-refractivity contribution < 1.29 is 4.79 Å². The molecule has 1 amide bonds. The van der Waals surface area contributed by atoms with Crippen LogP contribution in [-0.4, -0.2) is 44.7 Å². The van der Waals surface area contributed by atoms with E-state index in [1.807, 2.05) is 18.6 Å². The summed E-state index contributed by atoms with van der Waals surface area (Å²) in [4.78, 5) is 19.4. The monoisotopic (exact) mass is 373 g/mol. The molecule has 140 valence electrons. The van der Waals surface area contributed by atoms with Crippen molar-refractivity contribution in [2.45, 2.75) is 51.0 Å². The van der Waals surface area contributed by atoms with Gasteiger partial charge in [0.25, 0.3) is 5.91 Å². The van der Waals surface area contributed by atoms with E-state index < -0.39 is 0 Å². The van der Waals surface area contributed by atoms with Crippen molar-refractivity contribution in [3.8, 4) is 0 Å². The van der Waals surface area contributed by atoms with Crippen LogP contribution in [0.2, 0.25) is 0 Å². The lowest BCUT2D eigenvalue weighted by Gasteiger charge is -2.35. The molecule has 1 saturated heterocycles. The zero-order valence-electron chi connectivity index (χ0n) is 15.4. The van der Waals surface area contributed by atoms with Crippen LogP contribution in [0, 0.1) is 5.92 Å². The van der Waals surface area contributed by atoms with E-state index in [2.05, 4.69) is 20.3 Å². The standard InChI is InChI=1S/C19H27N5OS/c1-23-13-16(18(25)21-19-20-8-11-26-19)17(22-23)12-14-6-9-24(10-7-14)15-4-2-3-5-15/h8,11,13-15H,2-7,9-10,12H2,1H3,(H,20,21,25). The number of piperidine rings is 1. The first-order chi connectivity index (χ1) is 12.7. The van der Waals surface area contributed by atoms with Gasteiger partial charge in [-0.15, -0.1) is 11.3 Å². The Kier molecular flexibility index (Phi) is 5.36. The second kappa shape index (κ2) is 7.88. The highest BCUT2D eigenvalue weighted by atomic mass is 32.1. The van der Waals surface area contributed by atoms with Crippen LogP contribution in [0.25, 0.3) is 0 Å². The summed E-state index contributed by atoms with van der Waals surface area (Å²) in [5.41, 5.74) is 1.60. The van der Waals surface area contributed by atoms with Crippen LogP contribution in [0.4, 0.5) is 5.13 Å². The third-order valence-corrected chi connectivity index (χ3v) is 6.46. The molecule has 3 heterocycles. The maximum Gasteiger partial charge on any atom is 0.260 e. The van der Waals surface area contributed by atoms with Gasteiger partial charge in [-0.1, -0.05) is 12.8 Å². The lowest BCUT2D eigenvalue weighted by Crippen LogP contribution is -2.40. The minimum Gasteiger partial charge on any atom is -0.300 e. The number of carbonyl (C=O) groups excluding carboxylic acids is 1. The van der Waals surface area contributed by atoms with Crippen molar-refractivity contribution in [3.05, 3.63) is 29.0 Å². The van der Waals surface area contributed by atoms with Gasteiger partial charge in [0.15, 0.2) is 5.13 Å². The van der Waals surface area contributed by atoms with E-state index >= 15 is 0 Å². The molecule has 0 radical (unpaired) electrons. The van der Waals surface area contributed by atoms with Gasteiger partial charge < -0.3 is 4.90 Å². The fraction of sp³-hybridized carbons (Fsp3) is 0.632. The second-order valence-corrected chi connectivity index (χ2v) is 8.47. The molecule has 1 saturated carbocycles. The highest BCUT2D eigenvalue weighted by Crippen LogP contribution is 2.29. The first kappa shape index (κ1) is 17.7. The molecule has 0 unspecified atom stereocenters. The molecule has 0 aromatic carbocycles. The molecular formula is C19H27N5OS. The predicted molar refractivity (Wildman–Crippen MR) is 104 cm³/mol. The number of aryl methyl sites for hydroxylation is 1. The summed E-state index contributed by atoms with van der Waals surface area (Å²) in [5, 5.41) is 9.95. The lowest BCUT2D eigenvalue weighted by molar-refractivity contribution is 0.102. The topological polar surface area (TPSA) is 63.1 Å². The molecule has 2 aromatic heterocycles. The fourth-order valence-corrected chi connectivity index (χ4v) is 4.91. The van der Waals surface area contributed by atoms with Crippen molar-refractivity contribution in [1.82, 2.24) is 19.7 Å². The van der Waals surface area contributed by atoms with Crippen molar-refractivity contribution in [3.63, 3.8) is 0 Å². The van der Waals surface area contributed by atoms with Gasteiger partial charge in [-0.25, -0.2) is 4.98 Å². The Bertz CT molecular complexity index is 727. The fourth-order valence-electron chi connectivity index (χ4n) is 4.39. The van der Waals surface area contributed by atoms with Crippen LogP contribution < -0.4 is 5.32 Å². The van der Waals surface area contributed by atoms with Gasteiger partial charge in [0.05, 0.1) is 11.3 Å². The Labute approximate surface area is 158 Å². The third kappa shape index (κ3) is 3.99. The molecule has 1 aliphatic heterocycles. The molecule has 0 atom stereocenters. The van der Waals surface area contributed by atoms with Crippen LogP contribution >= 0.6 is 11.3 Å². The number of nitrogens with zero attached hydrogens (tertiary/aromatic N) is 4. The molecule has 2 aliphatic rings. The average molecular weight is 374 g/mol. The molecule has 2 fully saturated rings. The highest BCUT2D eigenvalue weighted by Gasteiger charge is 2.28. The summed E-state index contributed by atoms with van der Waals surface area (Å²) < 4.78 is 1.75. The average Bonchev–Trinajstić information content (AvgIpc) is 3.38. The third-order valence-electron chi connectivity index (χ3n) is 5.77. The zero-order chi connectivity index (χ0) is 17.9. The number of thiazole rings is 1. The van der Waals surface area contributed by atoms with E-state index in [-0.39, 0.29) is 5.91 Å². The number of carbonyl (C=O) groups is 1. The number of hydrogen-bond donors (Lipinski definition) is 1.